The van der Waals surface area contributed by atoms with Gasteiger partial charge in [0.05, 0.1) is 27.2 Å². The van der Waals surface area contributed by atoms with Gasteiger partial charge in [-0.25, -0.2) is 0 Å². The highest BCUT2D eigenvalue weighted by Crippen LogP contribution is 2.48. The van der Waals surface area contributed by atoms with E-state index < -0.39 is 11.5 Å². The van der Waals surface area contributed by atoms with Crippen molar-refractivity contribution in [3.8, 4) is 0 Å². The highest BCUT2D eigenvalue weighted by atomic mass is 16.5. The first kappa shape index (κ1) is 18.0. The zero-order valence-electron chi connectivity index (χ0n) is 14.4. The van der Waals surface area contributed by atoms with Crippen LogP contribution in [0.15, 0.2) is 53.2 Å². The second-order valence-corrected chi connectivity index (χ2v) is 5.28. The summed E-state index contributed by atoms with van der Waals surface area (Å²) >= 11 is 0. The number of ether oxygens (including phenoxy) is 4. The number of methoxy groups -OCH3 is 4. The third-order valence-electron chi connectivity index (χ3n) is 4.34. The molecule has 0 saturated carbocycles. The number of nitrogens with two attached hydrogens (primary N) is 1. The average molecular weight is 333 g/mol. The largest absolute Gasteiger partial charge is 0.496 e. The van der Waals surface area contributed by atoms with Crippen LogP contribution in [0.3, 0.4) is 0 Å². The molecule has 0 amide bonds. The molecule has 0 aliphatic heterocycles. The van der Waals surface area contributed by atoms with E-state index in [4.69, 9.17) is 24.7 Å². The van der Waals surface area contributed by atoms with E-state index in [9.17, 15) is 4.79 Å². The SMILES string of the molecule is COC1=C(OC)C(c2ccccc2)C(C=O)(OC)C(CN)=C1OC. The lowest BCUT2D eigenvalue weighted by atomic mass is 9.72. The minimum Gasteiger partial charge on any atom is -0.496 e. The molecule has 0 spiro atoms. The number of rotatable bonds is 7. The van der Waals surface area contributed by atoms with Gasteiger partial charge in [0, 0.05) is 19.2 Å². The van der Waals surface area contributed by atoms with Crippen molar-refractivity contribution in [2.24, 2.45) is 5.73 Å². The van der Waals surface area contributed by atoms with Gasteiger partial charge in [-0.2, -0.15) is 0 Å². The summed E-state index contributed by atoms with van der Waals surface area (Å²) in [5.74, 6) is 0.673. The van der Waals surface area contributed by atoms with E-state index in [-0.39, 0.29) is 6.54 Å². The van der Waals surface area contributed by atoms with Crippen LogP contribution in [-0.2, 0) is 23.7 Å². The van der Waals surface area contributed by atoms with Crippen molar-refractivity contribution in [1.82, 2.24) is 0 Å². The van der Waals surface area contributed by atoms with Gasteiger partial charge >= 0.3 is 0 Å². The van der Waals surface area contributed by atoms with Gasteiger partial charge < -0.3 is 24.7 Å². The minimum atomic E-state index is -1.34. The fourth-order valence-electron chi connectivity index (χ4n) is 3.27. The first-order valence-electron chi connectivity index (χ1n) is 7.51. The summed E-state index contributed by atoms with van der Waals surface area (Å²) in [5, 5.41) is 0. The zero-order valence-corrected chi connectivity index (χ0v) is 14.4. The van der Waals surface area contributed by atoms with Crippen LogP contribution in [0.4, 0.5) is 0 Å². The Kier molecular flexibility index (Phi) is 5.64. The lowest BCUT2D eigenvalue weighted by molar-refractivity contribution is -0.127. The van der Waals surface area contributed by atoms with Crippen LogP contribution in [0.25, 0.3) is 0 Å². The number of hydrogen-bond donors (Lipinski definition) is 1. The summed E-state index contributed by atoms with van der Waals surface area (Å²) < 4.78 is 22.3. The van der Waals surface area contributed by atoms with Gasteiger partial charge in [0.25, 0.3) is 0 Å². The Morgan fingerprint density at radius 2 is 1.67 bits per heavy atom. The Morgan fingerprint density at radius 3 is 2.08 bits per heavy atom. The van der Waals surface area contributed by atoms with E-state index in [0.29, 0.717) is 22.9 Å². The maximum absolute atomic E-state index is 12.2. The van der Waals surface area contributed by atoms with Crippen LogP contribution >= 0.6 is 0 Å². The van der Waals surface area contributed by atoms with Gasteiger partial charge in [0.2, 0.25) is 0 Å². The molecule has 1 aromatic rings. The molecule has 6 nitrogen and oxygen atoms in total. The van der Waals surface area contributed by atoms with Crippen LogP contribution in [0.5, 0.6) is 0 Å². The molecule has 0 heterocycles. The van der Waals surface area contributed by atoms with Crippen molar-refractivity contribution in [3.63, 3.8) is 0 Å². The first-order chi connectivity index (χ1) is 11.6. The van der Waals surface area contributed by atoms with Gasteiger partial charge in [-0.1, -0.05) is 30.3 Å². The minimum absolute atomic E-state index is 0.0724. The molecular weight excluding hydrogens is 310 g/mol. The normalized spacial score (nSPS) is 24.0. The quantitative estimate of drug-likeness (QED) is 0.766. The Bertz CT molecular complexity index is 653. The van der Waals surface area contributed by atoms with Crippen LogP contribution in [-0.4, -0.2) is 46.9 Å². The van der Waals surface area contributed by atoms with Crippen molar-refractivity contribution in [3.05, 3.63) is 58.7 Å². The lowest BCUT2D eigenvalue weighted by Gasteiger charge is -2.42. The van der Waals surface area contributed by atoms with E-state index in [1.807, 2.05) is 30.3 Å². The van der Waals surface area contributed by atoms with Crippen molar-refractivity contribution >= 4 is 6.29 Å². The average Bonchev–Trinajstić information content (AvgIpc) is 2.65. The third-order valence-corrected chi connectivity index (χ3v) is 4.34. The van der Waals surface area contributed by atoms with Gasteiger partial charge in [-0.15, -0.1) is 0 Å². The summed E-state index contributed by atoms with van der Waals surface area (Å²) in [4.78, 5) is 12.2. The topological polar surface area (TPSA) is 80.0 Å². The Balaban J connectivity index is 2.86. The molecule has 2 unspecified atom stereocenters. The number of aldehydes is 1. The zero-order chi connectivity index (χ0) is 17.7. The molecule has 2 N–H and O–H groups in total. The molecule has 1 aliphatic rings. The second kappa shape index (κ2) is 7.51. The van der Waals surface area contributed by atoms with Gasteiger partial charge in [0.1, 0.15) is 0 Å². The lowest BCUT2D eigenvalue weighted by Crippen LogP contribution is -2.49. The highest BCUT2D eigenvalue weighted by Gasteiger charge is 2.52. The predicted molar refractivity (Wildman–Crippen MR) is 89.1 cm³/mol. The molecule has 0 bridgehead atoms. The monoisotopic (exact) mass is 333 g/mol. The van der Waals surface area contributed by atoms with Crippen molar-refractivity contribution in [2.45, 2.75) is 11.5 Å². The molecule has 0 fully saturated rings. The fourth-order valence-corrected chi connectivity index (χ4v) is 3.27. The van der Waals surface area contributed by atoms with Crippen LogP contribution < -0.4 is 5.73 Å². The molecule has 2 atom stereocenters. The van der Waals surface area contributed by atoms with Crippen LogP contribution in [0.2, 0.25) is 0 Å². The number of benzene rings is 1. The van der Waals surface area contributed by atoms with E-state index in [2.05, 4.69) is 0 Å². The van der Waals surface area contributed by atoms with E-state index in [1.165, 1.54) is 28.4 Å². The van der Waals surface area contributed by atoms with Gasteiger partial charge in [0.15, 0.2) is 29.2 Å². The summed E-state index contributed by atoms with van der Waals surface area (Å²) in [6.45, 7) is 0.0724. The summed E-state index contributed by atoms with van der Waals surface area (Å²) in [6.07, 6.45) is 0.747. The molecule has 24 heavy (non-hydrogen) atoms. The molecule has 1 aliphatic carbocycles. The van der Waals surface area contributed by atoms with Gasteiger partial charge in [-0.05, 0) is 5.56 Å². The van der Waals surface area contributed by atoms with E-state index >= 15 is 0 Å². The van der Waals surface area contributed by atoms with Crippen molar-refractivity contribution < 1.29 is 23.7 Å². The third kappa shape index (κ3) is 2.57. The molecule has 0 saturated heterocycles. The molecule has 6 heteroatoms. The summed E-state index contributed by atoms with van der Waals surface area (Å²) in [6, 6.07) is 9.48. The van der Waals surface area contributed by atoms with Gasteiger partial charge in [-0.3, -0.25) is 4.79 Å². The molecule has 0 radical (unpaired) electrons. The predicted octanol–water partition coefficient (Wildman–Crippen LogP) is 1.73. The standard InChI is InChI=1S/C18H23NO5/c1-21-15-13(10-19)18(11-20,24-4)14(12-8-6-5-7-9-12)16(22-2)17(15)23-3/h5-9,11,14H,10,19H2,1-4H3. The summed E-state index contributed by atoms with van der Waals surface area (Å²) in [5.41, 5.74) is 5.96. The smallest absolute Gasteiger partial charge is 0.199 e. The number of hydrogen-bond acceptors (Lipinski definition) is 6. The van der Waals surface area contributed by atoms with Crippen LogP contribution in [0.1, 0.15) is 11.5 Å². The van der Waals surface area contributed by atoms with Crippen molar-refractivity contribution in [2.75, 3.05) is 35.0 Å². The molecule has 2 rings (SSSR count). The second-order valence-electron chi connectivity index (χ2n) is 5.28. The molecule has 0 aromatic heterocycles. The fraction of sp³-hybridized carbons (Fsp3) is 0.389. The maximum atomic E-state index is 12.2. The molecule has 130 valence electrons. The van der Waals surface area contributed by atoms with E-state index in [0.717, 1.165) is 11.8 Å². The maximum Gasteiger partial charge on any atom is 0.199 e. The Labute approximate surface area is 141 Å². The highest BCUT2D eigenvalue weighted by molar-refractivity contribution is 5.75. The Morgan fingerprint density at radius 1 is 1.04 bits per heavy atom. The number of carbonyl (C=O) groups excluding carboxylic acids is 1. The van der Waals surface area contributed by atoms with Crippen molar-refractivity contribution in [1.29, 1.82) is 0 Å². The molecule has 1 aromatic carbocycles. The van der Waals surface area contributed by atoms with E-state index in [1.54, 1.807) is 0 Å². The van der Waals surface area contributed by atoms with Crippen LogP contribution in [0, 0.1) is 0 Å². The summed E-state index contributed by atoms with van der Waals surface area (Å²) in [7, 11) is 6.00. The number of carbonyl (C=O) groups is 1. The Hall–Kier alpha value is -2.31. The first-order valence-corrected chi connectivity index (χ1v) is 7.51. The molecular formula is C18H23NO5.